The molecule has 0 aliphatic heterocycles. The first-order chi connectivity index (χ1) is 7.11. The minimum atomic E-state index is -0.127. The van der Waals surface area contributed by atoms with Crippen molar-refractivity contribution < 1.29 is 9.53 Å². The molecule has 1 rings (SSSR count). The van der Waals surface area contributed by atoms with E-state index in [1.807, 2.05) is 44.2 Å². The average Bonchev–Trinajstić information content (AvgIpc) is 2.26. The van der Waals surface area contributed by atoms with Crippen molar-refractivity contribution in [2.24, 2.45) is 5.92 Å². The molecule has 0 aromatic heterocycles. The van der Waals surface area contributed by atoms with Crippen molar-refractivity contribution in [3.05, 3.63) is 35.9 Å². The zero-order valence-corrected chi connectivity index (χ0v) is 9.57. The molecule has 0 fully saturated rings. The number of carbonyl (C=O) groups is 1. The molecular weight excluding hydrogens is 188 g/mol. The summed E-state index contributed by atoms with van der Waals surface area (Å²) in [5.41, 5.74) is 1.20. The summed E-state index contributed by atoms with van der Waals surface area (Å²) in [5.74, 6) is 0.0830. The lowest BCUT2D eigenvalue weighted by atomic mass is 10.0. The largest absolute Gasteiger partial charge is 0.465 e. The zero-order chi connectivity index (χ0) is 11.3. The number of rotatable bonds is 4. The molecule has 0 amide bonds. The summed E-state index contributed by atoms with van der Waals surface area (Å²) in [6.07, 6.45) is 0. The molecule has 82 valence electrons. The van der Waals surface area contributed by atoms with Gasteiger partial charge in [-0.2, -0.15) is 0 Å². The Morgan fingerprint density at radius 1 is 1.20 bits per heavy atom. The summed E-state index contributed by atoms with van der Waals surface area (Å²) >= 11 is 0. The van der Waals surface area contributed by atoms with E-state index in [9.17, 15) is 4.79 Å². The first kappa shape index (κ1) is 11.8. The van der Waals surface area contributed by atoms with Crippen molar-refractivity contribution in [2.75, 3.05) is 6.61 Å². The molecule has 15 heavy (non-hydrogen) atoms. The van der Waals surface area contributed by atoms with Crippen LogP contribution in [0.25, 0.3) is 0 Å². The van der Waals surface area contributed by atoms with Crippen LogP contribution in [0.4, 0.5) is 0 Å². The fraction of sp³-hybridized carbons (Fsp3) is 0.462. The van der Waals surface area contributed by atoms with Gasteiger partial charge in [0.2, 0.25) is 0 Å². The summed E-state index contributed by atoms with van der Waals surface area (Å²) < 4.78 is 5.18. The van der Waals surface area contributed by atoms with Crippen LogP contribution in [0.3, 0.4) is 0 Å². The predicted octanol–water partition coefficient (Wildman–Crippen LogP) is 2.99. The minimum Gasteiger partial charge on any atom is -0.465 e. The lowest BCUT2D eigenvalue weighted by molar-refractivity contribution is -0.147. The molecule has 1 atom stereocenters. The molecule has 0 bridgehead atoms. The third-order valence-corrected chi connectivity index (χ3v) is 2.32. The van der Waals surface area contributed by atoms with Crippen LogP contribution in [0.2, 0.25) is 0 Å². The van der Waals surface area contributed by atoms with Gasteiger partial charge in [-0.25, -0.2) is 0 Å². The molecule has 0 saturated heterocycles. The third-order valence-electron chi connectivity index (χ3n) is 2.32. The SMILES string of the molecule is CC(C)C(=O)OC[C@H](C)c1ccccc1. The molecule has 0 aliphatic rings. The number of carbonyl (C=O) groups excluding carboxylic acids is 1. The summed E-state index contributed by atoms with van der Waals surface area (Å²) in [6, 6.07) is 10.1. The molecule has 0 spiro atoms. The Labute approximate surface area is 91.3 Å². The maximum absolute atomic E-state index is 11.3. The van der Waals surface area contributed by atoms with Crippen molar-refractivity contribution in [3.8, 4) is 0 Å². The summed E-state index contributed by atoms with van der Waals surface area (Å²) in [7, 11) is 0. The Morgan fingerprint density at radius 3 is 2.33 bits per heavy atom. The number of ether oxygens (including phenoxy) is 1. The van der Waals surface area contributed by atoms with E-state index in [1.54, 1.807) is 0 Å². The Balaban J connectivity index is 2.44. The Kier molecular flexibility index (Phi) is 4.35. The van der Waals surface area contributed by atoms with Crippen molar-refractivity contribution in [3.63, 3.8) is 0 Å². The zero-order valence-electron chi connectivity index (χ0n) is 9.57. The van der Waals surface area contributed by atoms with Crippen molar-refractivity contribution in [2.45, 2.75) is 26.7 Å². The van der Waals surface area contributed by atoms with Crippen LogP contribution in [-0.4, -0.2) is 12.6 Å². The molecule has 0 unspecified atom stereocenters. The van der Waals surface area contributed by atoms with Gasteiger partial charge >= 0.3 is 5.97 Å². The van der Waals surface area contributed by atoms with Crippen molar-refractivity contribution in [1.82, 2.24) is 0 Å². The second-order valence-corrected chi connectivity index (χ2v) is 4.10. The monoisotopic (exact) mass is 206 g/mol. The van der Waals surface area contributed by atoms with Crippen molar-refractivity contribution in [1.29, 1.82) is 0 Å². The number of hydrogen-bond donors (Lipinski definition) is 0. The summed E-state index contributed by atoms with van der Waals surface area (Å²) in [4.78, 5) is 11.3. The fourth-order valence-corrected chi connectivity index (χ4v) is 1.25. The van der Waals surface area contributed by atoms with E-state index in [2.05, 4.69) is 6.92 Å². The lowest BCUT2D eigenvalue weighted by Crippen LogP contribution is -2.15. The highest BCUT2D eigenvalue weighted by molar-refractivity contribution is 5.71. The maximum Gasteiger partial charge on any atom is 0.308 e. The average molecular weight is 206 g/mol. The van der Waals surface area contributed by atoms with Gasteiger partial charge in [0.25, 0.3) is 0 Å². The molecule has 2 heteroatoms. The first-order valence-electron chi connectivity index (χ1n) is 5.33. The fourth-order valence-electron chi connectivity index (χ4n) is 1.25. The normalized spacial score (nSPS) is 12.5. The van der Waals surface area contributed by atoms with Crippen LogP contribution in [0.1, 0.15) is 32.3 Å². The smallest absolute Gasteiger partial charge is 0.308 e. The highest BCUT2D eigenvalue weighted by Gasteiger charge is 2.11. The molecule has 0 aliphatic carbocycles. The highest BCUT2D eigenvalue weighted by Crippen LogP contribution is 2.15. The van der Waals surface area contributed by atoms with Gasteiger partial charge in [0.05, 0.1) is 12.5 Å². The van der Waals surface area contributed by atoms with E-state index in [4.69, 9.17) is 4.74 Å². The van der Waals surface area contributed by atoms with Crippen LogP contribution >= 0.6 is 0 Å². The Morgan fingerprint density at radius 2 is 1.80 bits per heavy atom. The van der Waals surface area contributed by atoms with Crippen LogP contribution < -0.4 is 0 Å². The second kappa shape index (κ2) is 5.54. The highest BCUT2D eigenvalue weighted by atomic mass is 16.5. The number of hydrogen-bond acceptors (Lipinski definition) is 2. The third kappa shape index (κ3) is 3.74. The molecule has 0 N–H and O–H groups in total. The van der Waals surface area contributed by atoms with Crippen LogP contribution in [0.5, 0.6) is 0 Å². The Hall–Kier alpha value is -1.31. The quantitative estimate of drug-likeness (QED) is 0.708. The van der Waals surface area contributed by atoms with E-state index in [0.29, 0.717) is 6.61 Å². The molecule has 0 radical (unpaired) electrons. The van der Waals surface area contributed by atoms with E-state index in [-0.39, 0.29) is 17.8 Å². The topological polar surface area (TPSA) is 26.3 Å². The van der Waals surface area contributed by atoms with E-state index in [0.717, 1.165) is 0 Å². The van der Waals surface area contributed by atoms with Gasteiger partial charge in [0.1, 0.15) is 0 Å². The summed E-state index contributed by atoms with van der Waals surface area (Å²) in [5, 5.41) is 0. The Bertz CT molecular complexity index is 304. The molecule has 1 aromatic rings. The van der Waals surface area contributed by atoms with Crippen LogP contribution in [-0.2, 0) is 9.53 Å². The van der Waals surface area contributed by atoms with Gasteiger partial charge in [0, 0.05) is 5.92 Å². The molecule has 0 heterocycles. The van der Waals surface area contributed by atoms with Gasteiger partial charge in [-0.3, -0.25) is 4.79 Å². The van der Waals surface area contributed by atoms with E-state index >= 15 is 0 Å². The standard InChI is InChI=1S/C13H18O2/c1-10(2)13(14)15-9-11(3)12-7-5-4-6-8-12/h4-8,10-11H,9H2,1-3H3/t11-/m0/s1. The van der Waals surface area contributed by atoms with E-state index in [1.165, 1.54) is 5.56 Å². The van der Waals surface area contributed by atoms with Crippen LogP contribution in [0.15, 0.2) is 30.3 Å². The van der Waals surface area contributed by atoms with Gasteiger partial charge < -0.3 is 4.74 Å². The van der Waals surface area contributed by atoms with Gasteiger partial charge in [0.15, 0.2) is 0 Å². The molecule has 2 nitrogen and oxygen atoms in total. The van der Waals surface area contributed by atoms with Gasteiger partial charge in [-0.15, -0.1) is 0 Å². The second-order valence-electron chi connectivity index (χ2n) is 4.10. The molecular formula is C13H18O2. The molecule has 0 saturated carbocycles. The lowest BCUT2D eigenvalue weighted by Gasteiger charge is -2.13. The number of esters is 1. The predicted molar refractivity (Wildman–Crippen MR) is 60.7 cm³/mol. The van der Waals surface area contributed by atoms with E-state index < -0.39 is 0 Å². The van der Waals surface area contributed by atoms with Crippen molar-refractivity contribution >= 4 is 5.97 Å². The van der Waals surface area contributed by atoms with Crippen LogP contribution in [0, 0.1) is 5.92 Å². The maximum atomic E-state index is 11.3. The first-order valence-corrected chi connectivity index (χ1v) is 5.33. The molecule has 1 aromatic carbocycles. The minimum absolute atomic E-state index is 0.0482. The number of benzene rings is 1. The van der Waals surface area contributed by atoms with Gasteiger partial charge in [-0.05, 0) is 5.56 Å². The summed E-state index contributed by atoms with van der Waals surface area (Å²) in [6.45, 7) is 6.20. The van der Waals surface area contributed by atoms with Gasteiger partial charge in [-0.1, -0.05) is 51.1 Å².